The van der Waals surface area contributed by atoms with Gasteiger partial charge in [0.05, 0.1) is 5.92 Å². The van der Waals surface area contributed by atoms with Gasteiger partial charge in [0.25, 0.3) is 0 Å². The van der Waals surface area contributed by atoms with Crippen molar-refractivity contribution >= 4 is 5.91 Å². The van der Waals surface area contributed by atoms with Gasteiger partial charge < -0.3 is 11.1 Å². The number of amides is 1. The molecule has 0 spiro atoms. The molecule has 0 radical (unpaired) electrons. The van der Waals surface area contributed by atoms with Gasteiger partial charge in [-0.05, 0) is 11.8 Å². The Morgan fingerprint density at radius 3 is 2.15 bits per heavy atom. The van der Waals surface area contributed by atoms with Gasteiger partial charge in [-0.2, -0.15) is 0 Å². The molecule has 0 saturated heterocycles. The fourth-order valence-electron chi connectivity index (χ4n) is 1.12. The van der Waals surface area contributed by atoms with Crippen molar-refractivity contribution in [3.63, 3.8) is 0 Å². The maximum Gasteiger partial charge on any atom is 0.224 e. The normalized spacial score (nSPS) is 13.5. The van der Waals surface area contributed by atoms with Crippen LogP contribution in [0.25, 0.3) is 0 Å². The van der Waals surface area contributed by atoms with Gasteiger partial charge in [-0.1, -0.05) is 27.7 Å². The molecule has 0 saturated carbocycles. The Morgan fingerprint density at radius 2 is 1.85 bits per heavy atom. The molecule has 0 bridgehead atoms. The Labute approximate surface area is 81.1 Å². The van der Waals surface area contributed by atoms with Crippen LogP contribution in [0.1, 0.15) is 27.7 Å². The van der Waals surface area contributed by atoms with Crippen LogP contribution >= 0.6 is 0 Å². The van der Waals surface area contributed by atoms with Crippen molar-refractivity contribution in [3.05, 3.63) is 0 Å². The van der Waals surface area contributed by atoms with E-state index in [1.54, 1.807) is 0 Å². The summed E-state index contributed by atoms with van der Waals surface area (Å²) in [5, 5.41) is 2.90. The highest BCUT2D eigenvalue weighted by molar-refractivity contribution is 5.79. The lowest BCUT2D eigenvalue weighted by atomic mass is 9.95. The van der Waals surface area contributed by atoms with Gasteiger partial charge in [0.1, 0.15) is 0 Å². The quantitative estimate of drug-likeness (QED) is 0.672. The maximum absolute atomic E-state index is 11.5. The molecule has 0 aliphatic rings. The third-order valence-electron chi connectivity index (χ3n) is 2.08. The van der Waals surface area contributed by atoms with E-state index in [4.69, 9.17) is 5.73 Å². The molecule has 0 fully saturated rings. The summed E-state index contributed by atoms with van der Waals surface area (Å²) in [4.78, 5) is 11.5. The molecule has 0 rings (SSSR count). The Hall–Kier alpha value is -0.570. The van der Waals surface area contributed by atoms with Crippen LogP contribution in [0.2, 0.25) is 0 Å². The van der Waals surface area contributed by atoms with Crippen molar-refractivity contribution in [2.24, 2.45) is 23.5 Å². The van der Waals surface area contributed by atoms with Crippen LogP contribution in [-0.2, 0) is 4.79 Å². The Morgan fingerprint density at radius 1 is 1.31 bits per heavy atom. The van der Waals surface area contributed by atoms with Crippen LogP contribution in [0, 0.1) is 17.8 Å². The number of nitrogens with two attached hydrogens (primary N) is 1. The van der Waals surface area contributed by atoms with Gasteiger partial charge >= 0.3 is 0 Å². The molecule has 3 N–H and O–H groups in total. The number of carbonyl (C=O) groups excluding carboxylic acids is 1. The first-order valence-electron chi connectivity index (χ1n) is 4.96. The standard InChI is InChI=1S/C10H22N2O/c1-7(2)6-12-10(13)9(5-11)8(3)4/h7-9H,5-6,11H2,1-4H3,(H,12,13). The van der Waals surface area contributed by atoms with Gasteiger partial charge in [-0.15, -0.1) is 0 Å². The zero-order chi connectivity index (χ0) is 10.4. The zero-order valence-electron chi connectivity index (χ0n) is 9.13. The Balaban J connectivity index is 3.92. The highest BCUT2D eigenvalue weighted by Gasteiger charge is 2.19. The lowest BCUT2D eigenvalue weighted by Crippen LogP contribution is -2.39. The molecule has 3 heteroatoms. The van der Waals surface area contributed by atoms with E-state index in [9.17, 15) is 4.79 Å². The van der Waals surface area contributed by atoms with Crippen LogP contribution in [-0.4, -0.2) is 19.0 Å². The van der Waals surface area contributed by atoms with E-state index >= 15 is 0 Å². The first kappa shape index (κ1) is 12.4. The summed E-state index contributed by atoms with van der Waals surface area (Å²) in [6, 6.07) is 0. The fourth-order valence-corrected chi connectivity index (χ4v) is 1.12. The van der Waals surface area contributed by atoms with E-state index in [1.165, 1.54) is 0 Å². The van der Waals surface area contributed by atoms with Gasteiger partial charge in [-0.25, -0.2) is 0 Å². The lowest BCUT2D eigenvalue weighted by Gasteiger charge is -2.18. The zero-order valence-corrected chi connectivity index (χ0v) is 9.13. The number of nitrogens with one attached hydrogen (secondary N) is 1. The van der Waals surface area contributed by atoms with Crippen LogP contribution in [0.3, 0.4) is 0 Å². The van der Waals surface area contributed by atoms with Gasteiger partial charge in [0, 0.05) is 13.1 Å². The van der Waals surface area contributed by atoms with Crippen LogP contribution in [0.5, 0.6) is 0 Å². The first-order chi connectivity index (χ1) is 5.99. The molecule has 1 unspecified atom stereocenters. The molecule has 0 aromatic heterocycles. The lowest BCUT2D eigenvalue weighted by molar-refractivity contribution is -0.126. The summed E-state index contributed by atoms with van der Waals surface area (Å²) in [5.41, 5.74) is 5.52. The van der Waals surface area contributed by atoms with Crippen LogP contribution in [0.4, 0.5) is 0 Å². The minimum absolute atomic E-state index is 0.0428. The SMILES string of the molecule is CC(C)CNC(=O)C(CN)C(C)C. The molecular weight excluding hydrogens is 164 g/mol. The summed E-state index contributed by atoms with van der Waals surface area (Å²) < 4.78 is 0. The molecular formula is C10H22N2O. The molecule has 13 heavy (non-hydrogen) atoms. The third-order valence-corrected chi connectivity index (χ3v) is 2.08. The maximum atomic E-state index is 11.5. The summed E-state index contributed by atoms with van der Waals surface area (Å²) >= 11 is 0. The molecule has 0 aliphatic carbocycles. The largest absolute Gasteiger partial charge is 0.356 e. The average molecular weight is 186 g/mol. The minimum atomic E-state index is -0.0428. The predicted octanol–water partition coefficient (Wildman–Crippen LogP) is 0.989. The molecule has 0 aromatic carbocycles. The molecule has 0 aliphatic heterocycles. The van der Waals surface area contributed by atoms with E-state index in [-0.39, 0.29) is 11.8 Å². The summed E-state index contributed by atoms with van der Waals surface area (Å²) in [6.07, 6.45) is 0. The van der Waals surface area contributed by atoms with Crippen LogP contribution in [0.15, 0.2) is 0 Å². The highest BCUT2D eigenvalue weighted by atomic mass is 16.1. The number of hydrogen-bond donors (Lipinski definition) is 2. The van der Waals surface area contributed by atoms with Crippen molar-refractivity contribution in [2.45, 2.75) is 27.7 Å². The average Bonchev–Trinajstić information content (AvgIpc) is 2.01. The van der Waals surface area contributed by atoms with Gasteiger partial charge in [0.2, 0.25) is 5.91 Å². The van der Waals surface area contributed by atoms with Crippen LogP contribution < -0.4 is 11.1 Å². The second kappa shape index (κ2) is 5.97. The highest BCUT2D eigenvalue weighted by Crippen LogP contribution is 2.08. The van der Waals surface area contributed by atoms with Crippen molar-refractivity contribution < 1.29 is 4.79 Å². The van der Waals surface area contributed by atoms with E-state index in [1.807, 2.05) is 13.8 Å². The van der Waals surface area contributed by atoms with Gasteiger partial charge in [-0.3, -0.25) is 4.79 Å². The first-order valence-corrected chi connectivity index (χ1v) is 4.96. The van der Waals surface area contributed by atoms with E-state index in [0.717, 1.165) is 6.54 Å². The van der Waals surface area contributed by atoms with Crippen molar-refractivity contribution in [1.82, 2.24) is 5.32 Å². The predicted molar refractivity (Wildman–Crippen MR) is 55.2 cm³/mol. The number of carbonyl (C=O) groups is 1. The second-order valence-electron chi connectivity index (χ2n) is 4.23. The number of rotatable bonds is 5. The van der Waals surface area contributed by atoms with Crippen molar-refractivity contribution in [1.29, 1.82) is 0 Å². The molecule has 1 atom stereocenters. The third kappa shape index (κ3) is 4.88. The summed E-state index contributed by atoms with van der Waals surface area (Å²) in [5.74, 6) is 0.858. The molecule has 0 heterocycles. The monoisotopic (exact) mass is 186 g/mol. The molecule has 1 amide bonds. The van der Waals surface area contributed by atoms with Gasteiger partial charge in [0.15, 0.2) is 0 Å². The smallest absolute Gasteiger partial charge is 0.224 e. The van der Waals surface area contributed by atoms with Crippen molar-refractivity contribution in [2.75, 3.05) is 13.1 Å². The Bertz CT molecular complexity index is 155. The van der Waals surface area contributed by atoms with E-state index in [2.05, 4.69) is 19.2 Å². The van der Waals surface area contributed by atoms with E-state index in [0.29, 0.717) is 18.4 Å². The minimum Gasteiger partial charge on any atom is -0.356 e. The topological polar surface area (TPSA) is 55.1 Å². The molecule has 0 aromatic rings. The number of hydrogen-bond acceptors (Lipinski definition) is 2. The van der Waals surface area contributed by atoms with Crippen molar-refractivity contribution in [3.8, 4) is 0 Å². The molecule has 78 valence electrons. The Kier molecular flexibility index (Phi) is 5.71. The van der Waals surface area contributed by atoms with E-state index < -0.39 is 0 Å². The fraction of sp³-hybridized carbons (Fsp3) is 0.900. The molecule has 3 nitrogen and oxygen atoms in total. The summed E-state index contributed by atoms with van der Waals surface area (Å²) in [7, 11) is 0. The second-order valence-corrected chi connectivity index (χ2v) is 4.23. The summed E-state index contributed by atoms with van der Waals surface area (Å²) in [6.45, 7) is 9.36.